The summed E-state index contributed by atoms with van der Waals surface area (Å²) >= 11 is 0. The van der Waals surface area contributed by atoms with Gasteiger partial charge in [0.1, 0.15) is 0 Å². The Hall–Kier alpha value is -1.59. The average molecular weight is 303 g/mol. The van der Waals surface area contributed by atoms with Gasteiger partial charge in [0.05, 0.1) is 11.0 Å². The Morgan fingerprint density at radius 1 is 1.05 bits per heavy atom. The molecule has 5 nitrogen and oxygen atoms in total. The first-order chi connectivity index (χ1) is 10.5. The summed E-state index contributed by atoms with van der Waals surface area (Å²) in [6.07, 6.45) is 3.34. The number of rotatable bonds is 8. The SMILES string of the molecule is CN(C)CCCc1ccc2nc(N)n(CCCN(C)C)c2c1. The molecule has 0 saturated heterocycles. The molecule has 0 aliphatic carbocycles. The topological polar surface area (TPSA) is 50.3 Å². The van der Waals surface area contributed by atoms with Crippen LogP contribution in [0.1, 0.15) is 18.4 Å². The Bertz CT molecular complexity index is 600. The van der Waals surface area contributed by atoms with Gasteiger partial charge in [0, 0.05) is 6.54 Å². The van der Waals surface area contributed by atoms with Crippen molar-refractivity contribution in [2.24, 2.45) is 0 Å². The van der Waals surface area contributed by atoms with Gasteiger partial charge in [-0.25, -0.2) is 4.98 Å². The Kier molecular flexibility index (Phi) is 5.80. The van der Waals surface area contributed by atoms with E-state index in [1.165, 1.54) is 17.5 Å². The van der Waals surface area contributed by atoms with Crippen molar-refractivity contribution < 1.29 is 0 Å². The number of anilines is 1. The van der Waals surface area contributed by atoms with Gasteiger partial charge in [0.15, 0.2) is 0 Å². The van der Waals surface area contributed by atoms with Gasteiger partial charge in [-0.3, -0.25) is 0 Å². The summed E-state index contributed by atoms with van der Waals surface area (Å²) in [6, 6.07) is 6.53. The van der Waals surface area contributed by atoms with Crippen LogP contribution in [0.2, 0.25) is 0 Å². The molecule has 0 radical (unpaired) electrons. The molecule has 0 aliphatic heterocycles. The fraction of sp³-hybridized carbons (Fsp3) is 0.588. The van der Waals surface area contributed by atoms with Crippen molar-refractivity contribution >= 4 is 17.0 Å². The van der Waals surface area contributed by atoms with Gasteiger partial charge in [-0.2, -0.15) is 0 Å². The zero-order valence-corrected chi connectivity index (χ0v) is 14.3. The van der Waals surface area contributed by atoms with E-state index in [2.05, 4.69) is 65.7 Å². The largest absolute Gasteiger partial charge is 0.369 e. The van der Waals surface area contributed by atoms with E-state index in [4.69, 9.17) is 5.73 Å². The Labute approximate surface area is 133 Å². The molecule has 0 fully saturated rings. The highest BCUT2D eigenvalue weighted by Gasteiger charge is 2.09. The second-order valence-corrected chi connectivity index (χ2v) is 6.51. The molecule has 0 bridgehead atoms. The minimum atomic E-state index is 0.624. The van der Waals surface area contributed by atoms with Crippen molar-refractivity contribution in [1.82, 2.24) is 19.4 Å². The van der Waals surface area contributed by atoms with Crippen molar-refractivity contribution in [3.8, 4) is 0 Å². The second kappa shape index (κ2) is 7.61. The fourth-order valence-corrected chi connectivity index (χ4v) is 2.72. The maximum absolute atomic E-state index is 6.09. The number of nitrogens with two attached hydrogens (primary N) is 1. The van der Waals surface area contributed by atoms with Gasteiger partial charge in [0.2, 0.25) is 5.95 Å². The van der Waals surface area contributed by atoms with Crippen LogP contribution in [0.25, 0.3) is 11.0 Å². The fourth-order valence-electron chi connectivity index (χ4n) is 2.72. The van der Waals surface area contributed by atoms with E-state index in [0.717, 1.165) is 38.0 Å². The number of fused-ring (bicyclic) bond motifs is 1. The third-order valence-corrected chi connectivity index (χ3v) is 3.90. The van der Waals surface area contributed by atoms with Gasteiger partial charge in [-0.05, 0) is 78.2 Å². The standard InChI is InChI=1S/C17H29N5/c1-20(2)10-5-7-14-8-9-15-16(13-14)22(17(18)19-15)12-6-11-21(3)4/h8-9,13H,5-7,10-12H2,1-4H3,(H2,18,19). The van der Waals surface area contributed by atoms with Crippen molar-refractivity contribution in [3.05, 3.63) is 23.8 Å². The molecule has 2 aromatic rings. The van der Waals surface area contributed by atoms with Crippen molar-refractivity contribution in [2.75, 3.05) is 47.0 Å². The first-order valence-electron chi connectivity index (χ1n) is 8.01. The van der Waals surface area contributed by atoms with Crippen molar-refractivity contribution in [2.45, 2.75) is 25.8 Å². The molecule has 5 heteroatoms. The monoisotopic (exact) mass is 303 g/mol. The summed E-state index contributed by atoms with van der Waals surface area (Å²) in [4.78, 5) is 8.90. The summed E-state index contributed by atoms with van der Waals surface area (Å²) in [5.74, 6) is 0.624. The molecule has 0 spiro atoms. The van der Waals surface area contributed by atoms with Crippen LogP contribution in [-0.4, -0.2) is 60.6 Å². The Balaban J connectivity index is 2.11. The van der Waals surface area contributed by atoms with Crippen LogP contribution in [0.5, 0.6) is 0 Å². The minimum absolute atomic E-state index is 0.624. The van der Waals surface area contributed by atoms with Gasteiger partial charge in [-0.15, -0.1) is 0 Å². The first-order valence-corrected chi connectivity index (χ1v) is 8.01. The number of benzene rings is 1. The molecular formula is C17H29N5. The molecule has 22 heavy (non-hydrogen) atoms. The molecule has 1 aromatic heterocycles. The van der Waals surface area contributed by atoms with Crippen LogP contribution in [0, 0.1) is 0 Å². The van der Waals surface area contributed by atoms with Crippen LogP contribution >= 0.6 is 0 Å². The van der Waals surface area contributed by atoms with Crippen molar-refractivity contribution in [1.29, 1.82) is 0 Å². The lowest BCUT2D eigenvalue weighted by Crippen LogP contribution is -2.15. The highest BCUT2D eigenvalue weighted by molar-refractivity contribution is 5.79. The zero-order chi connectivity index (χ0) is 16.1. The summed E-state index contributed by atoms with van der Waals surface area (Å²) in [6.45, 7) is 3.09. The number of aryl methyl sites for hydroxylation is 2. The van der Waals surface area contributed by atoms with E-state index < -0.39 is 0 Å². The predicted molar refractivity (Wildman–Crippen MR) is 94.2 cm³/mol. The summed E-state index contributed by atoms with van der Waals surface area (Å²) in [5.41, 5.74) is 9.62. The lowest BCUT2D eigenvalue weighted by Gasteiger charge is -2.12. The molecule has 0 saturated carbocycles. The molecule has 2 N–H and O–H groups in total. The summed E-state index contributed by atoms with van der Waals surface area (Å²) in [7, 11) is 8.42. The highest BCUT2D eigenvalue weighted by atomic mass is 15.2. The average Bonchev–Trinajstić information content (AvgIpc) is 2.74. The normalized spacial score (nSPS) is 11.9. The zero-order valence-electron chi connectivity index (χ0n) is 14.3. The molecule has 0 amide bonds. The van der Waals surface area contributed by atoms with Crippen molar-refractivity contribution in [3.63, 3.8) is 0 Å². The Morgan fingerprint density at radius 2 is 1.73 bits per heavy atom. The van der Waals surface area contributed by atoms with Gasteiger partial charge < -0.3 is 20.1 Å². The molecule has 0 aliphatic rings. The van der Waals surface area contributed by atoms with E-state index in [1.807, 2.05) is 0 Å². The second-order valence-electron chi connectivity index (χ2n) is 6.51. The highest BCUT2D eigenvalue weighted by Crippen LogP contribution is 2.20. The van der Waals surface area contributed by atoms with Crippen LogP contribution in [-0.2, 0) is 13.0 Å². The number of imidazole rings is 1. The van der Waals surface area contributed by atoms with E-state index in [-0.39, 0.29) is 0 Å². The number of nitrogens with zero attached hydrogens (tertiary/aromatic N) is 4. The molecule has 2 rings (SSSR count). The van der Waals surface area contributed by atoms with Crippen LogP contribution in [0.4, 0.5) is 5.95 Å². The predicted octanol–water partition coefficient (Wildman–Crippen LogP) is 2.06. The van der Waals surface area contributed by atoms with Crippen LogP contribution < -0.4 is 5.73 Å². The van der Waals surface area contributed by atoms with E-state index in [9.17, 15) is 0 Å². The lowest BCUT2D eigenvalue weighted by atomic mass is 10.1. The maximum atomic E-state index is 6.09. The quantitative estimate of drug-likeness (QED) is 0.811. The molecule has 1 heterocycles. The number of hydrogen-bond donors (Lipinski definition) is 1. The van der Waals surface area contributed by atoms with Gasteiger partial charge in [-0.1, -0.05) is 6.07 Å². The van der Waals surface area contributed by atoms with Crippen LogP contribution in [0.15, 0.2) is 18.2 Å². The smallest absolute Gasteiger partial charge is 0.201 e. The van der Waals surface area contributed by atoms with E-state index >= 15 is 0 Å². The van der Waals surface area contributed by atoms with Gasteiger partial charge >= 0.3 is 0 Å². The Morgan fingerprint density at radius 3 is 2.41 bits per heavy atom. The molecule has 0 unspecified atom stereocenters. The number of hydrogen-bond acceptors (Lipinski definition) is 4. The number of nitrogen functional groups attached to an aromatic ring is 1. The molecular weight excluding hydrogens is 274 g/mol. The maximum Gasteiger partial charge on any atom is 0.201 e. The molecule has 122 valence electrons. The van der Waals surface area contributed by atoms with Gasteiger partial charge in [0.25, 0.3) is 0 Å². The first kappa shape index (κ1) is 16.8. The van der Waals surface area contributed by atoms with E-state index in [0.29, 0.717) is 5.95 Å². The molecule has 1 aromatic carbocycles. The summed E-state index contributed by atoms with van der Waals surface area (Å²) in [5, 5.41) is 0. The minimum Gasteiger partial charge on any atom is -0.369 e. The third-order valence-electron chi connectivity index (χ3n) is 3.90. The number of aromatic nitrogens is 2. The van der Waals surface area contributed by atoms with Crippen LogP contribution in [0.3, 0.4) is 0 Å². The summed E-state index contributed by atoms with van der Waals surface area (Å²) < 4.78 is 2.15. The molecule has 0 atom stereocenters. The third kappa shape index (κ3) is 4.45. The van der Waals surface area contributed by atoms with E-state index in [1.54, 1.807) is 0 Å². The lowest BCUT2D eigenvalue weighted by molar-refractivity contribution is 0.388.